The summed E-state index contributed by atoms with van der Waals surface area (Å²) in [5.74, 6) is 0.945. The smallest absolute Gasteiger partial charge is 0.260 e. The van der Waals surface area contributed by atoms with E-state index in [0.717, 1.165) is 31.5 Å². The molecule has 158 valence electrons. The Bertz CT molecular complexity index is 838. The number of halogens is 2. The minimum absolute atomic E-state index is 0.0652. The number of anilines is 1. The van der Waals surface area contributed by atoms with E-state index in [1.54, 1.807) is 11.3 Å². The quantitative estimate of drug-likeness (QED) is 0.779. The van der Waals surface area contributed by atoms with E-state index < -0.39 is 12.5 Å². The van der Waals surface area contributed by atoms with Gasteiger partial charge in [0, 0.05) is 36.0 Å². The molecule has 0 radical (unpaired) electrons. The monoisotopic (exact) mass is 422 g/mol. The first-order chi connectivity index (χ1) is 13.9. The van der Waals surface area contributed by atoms with Gasteiger partial charge in [0.15, 0.2) is 0 Å². The molecule has 4 rings (SSSR count). The van der Waals surface area contributed by atoms with Crippen LogP contribution >= 0.6 is 11.3 Å². The second-order valence-corrected chi connectivity index (χ2v) is 9.41. The second kappa shape index (κ2) is 8.42. The Morgan fingerprint density at radius 2 is 2.28 bits per heavy atom. The number of nitrogens with one attached hydrogen (secondary N) is 1. The lowest BCUT2D eigenvalue weighted by Gasteiger charge is -2.41. The van der Waals surface area contributed by atoms with E-state index in [4.69, 9.17) is 0 Å². The fourth-order valence-electron chi connectivity index (χ4n) is 4.67. The van der Waals surface area contributed by atoms with E-state index in [1.807, 2.05) is 36.3 Å². The normalized spacial score (nSPS) is 25.6. The minimum atomic E-state index is -2.45. The molecule has 0 saturated carbocycles. The summed E-state index contributed by atoms with van der Waals surface area (Å²) in [6.07, 6.45) is 0.501. The van der Waals surface area contributed by atoms with Crippen molar-refractivity contribution in [3.63, 3.8) is 0 Å². The molecule has 1 fully saturated rings. The number of likely N-dealkylation sites (tertiary alicyclic amines) is 1. The van der Waals surface area contributed by atoms with Gasteiger partial charge in [-0.3, -0.25) is 4.79 Å². The zero-order chi connectivity index (χ0) is 20.5. The van der Waals surface area contributed by atoms with E-state index in [9.17, 15) is 13.6 Å². The largest absolute Gasteiger partial charge is 0.367 e. The van der Waals surface area contributed by atoms with Gasteiger partial charge < -0.3 is 10.2 Å². The topological polar surface area (TPSA) is 50.2 Å². The van der Waals surface area contributed by atoms with Gasteiger partial charge in [0.2, 0.25) is 5.91 Å². The van der Waals surface area contributed by atoms with Crippen LogP contribution in [-0.4, -0.2) is 46.1 Å². The number of rotatable bonds is 5. The summed E-state index contributed by atoms with van der Waals surface area (Å²) in [6.45, 7) is 5.19. The van der Waals surface area contributed by atoms with Crippen LogP contribution in [0.5, 0.6) is 0 Å². The van der Waals surface area contributed by atoms with E-state index in [2.05, 4.69) is 16.5 Å². The number of alkyl halides is 2. The average Bonchev–Trinajstić information content (AvgIpc) is 3.34. The van der Waals surface area contributed by atoms with Gasteiger partial charge in [-0.05, 0) is 50.0 Å². The molecule has 4 heterocycles. The Morgan fingerprint density at radius 3 is 3.00 bits per heavy atom. The fourth-order valence-corrected chi connectivity index (χ4v) is 5.51. The summed E-state index contributed by atoms with van der Waals surface area (Å²) < 4.78 is 28.8. The molecule has 8 heteroatoms. The van der Waals surface area contributed by atoms with Gasteiger partial charge in [-0.15, -0.1) is 11.3 Å². The molecule has 1 N–H and O–H groups in total. The molecule has 2 aromatic rings. The van der Waals surface area contributed by atoms with Gasteiger partial charge in [0.25, 0.3) is 6.43 Å². The van der Waals surface area contributed by atoms with Crippen LogP contribution in [-0.2, 0) is 11.2 Å². The number of aromatic nitrogens is 2. The Kier molecular flexibility index (Phi) is 5.90. The van der Waals surface area contributed by atoms with Gasteiger partial charge in [0.1, 0.15) is 11.9 Å². The van der Waals surface area contributed by atoms with Crippen molar-refractivity contribution in [3.05, 3.63) is 34.2 Å². The third kappa shape index (κ3) is 4.32. The maximum atomic E-state index is 13.7. The Labute approximate surface area is 174 Å². The highest BCUT2D eigenvalue weighted by molar-refractivity contribution is 7.09. The first-order valence-corrected chi connectivity index (χ1v) is 11.2. The van der Waals surface area contributed by atoms with Crippen LogP contribution in [0, 0.1) is 18.8 Å². The summed E-state index contributed by atoms with van der Waals surface area (Å²) >= 11 is 1.68. The van der Waals surface area contributed by atoms with Crippen molar-refractivity contribution in [1.29, 1.82) is 0 Å². The average molecular weight is 423 g/mol. The van der Waals surface area contributed by atoms with Gasteiger partial charge >= 0.3 is 0 Å². The second-order valence-electron chi connectivity index (χ2n) is 8.37. The van der Waals surface area contributed by atoms with Crippen molar-refractivity contribution in [2.45, 2.75) is 58.0 Å². The molecule has 4 atom stereocenters. The van der Waals surface area contributed by atoms with Gasteiger partial charge in [-0.25, -0.2) is 13.5 Å². The molecule has 0 aromatic carbocycles. The van der Waals surface area contributed by atoms with Crippen LogP contribution < -0.4 is 5.32 Å². The van der Waals surface area contributed by atoms with Crippen molar-refractivity contribution in [3.8, 4) is 0 Å². The number of carbonyl (C=O) groups excluding carboxylic acids is 1. The van der Waals surface area contributed by atoms with Crippen LogP contribution in [0.4, 0.5) is 14.6 Å². The SMILES string of the molecule is Cc1cc2n(n1)[C@@H](C(F)F)C[C@@H]([C@@H]1CCCN(C(=O)[C@@H](C)Cc3cccs3)C1)N2. The van der Waals surface area contributed by atoms with Crippen LogP contribution in [0.15, 0.2) is 23.6 Å². The van der Waals surface area contributed by atoms with Gasteiger partial charge in [-0.1, -0.05) is 13.0 Å². The number of carbonyl (C=O) groups is 1. The minimum Gasteiger partial charge on any atom is -0.367 e. The zero-order valence-electron chi connectivity index (χ0n) is 16.9. The van der Waals surface area contributed by atoms with Crippen molar-refractivity contribution >= 4 is 23.1 Å². The van der Waals surface area contributed by atoms with Crippen LogP contribution in [0.25, 0.3) is 0 Å². The van der Waals surface area contributed by atoms with E-state index >= 15 is 0 Å². The van der Waals surface area contributed by atoms with E-state index in [1.165, 1.54) is 9.56 Å². The van der Waals surface area contributed by atoms with Crippen molar-refractivity contribution in [1.82, 2.24) is 14.7 Å². The van der Waals surface area contributed by atoms with E-state index in [-0.39, 0.29) is 23.8 Å². The molecule has 0 bridgehead atoms. The highest BCUT2D eigenvalue weighted by Crippen LogP contribution is 2.36. The number of nitrogens with zero attached hydrogens (tertiary/aromatic N) is 3. The first-order valence-electron chi connectivity index (χ1n) is 10.3. The third-order valence-corrected chi connectivity index (χ3v) is 7.04. The molecule has 2 aromatic heterocycles. The number of thiophene rings is 1. The summed E-state index contributed by atoms with van der Waals surface area (Å²) in [6, 6.07) is 4.93. The fraction of sp³-hybridized carbons (Fsp3) is 0.619. The molecule has 0 aliphatic carbocycles. The van der Waals surface area contributed by atoms with E-state index in [0.29, 0.717) is 18.8 Å². The number of piperidine rings is 1. The van der Waals surface area contributed by atoms with Gasteiger partial charge in [-0.2, -0.15) is 5.10 Å². The van der Waals surface area contributed by atoms with Crippen LogP contribution in [0.3, 0.4) is 0 Å². The molecule has 5 nitrogen and oxygen atoms in total. The Balaban J connectivity index is 1.43. The van der Waals surface area contributed by atoms with Crippen LogP contribution in [0.2, 0.25) is 0 Å². The number of aryl methyl sites for hydroxylation is 1. The summed E-state index contributed by atoms with van der Waals surface area (Å²) in [7, 11) is 0. The molecule has 2 aliphatic heterocycles. The number of amides is 1. The third-order valence-electron chi connectivity index (χ3n) is 6.14. The Hall–Kier alpha value is -1.96. The predicted molar refractivity (Wildman–Crippen MR) is 111 cm³/mol. The summed E-state index contributed by atoms with van der Waals surface area (Å²) in [5.41, 5.74) is 0.738. The summed E-state index contributed by atoms with van der Waals surface area (Å²) in [4.78, 5) is 16.2. The maximum absolute atomic E-state index is 13.7. The molecule has 29 heavy (non-hydrogen) atoms. The molecule has 1 saturated heterocycles. The Morgan fingerprint density at radius 1 is 1.45 bits per heavy atom. The lowest BCUT2D eigenvalue weighted by atomic mass is 9.85. The highest BCUT2D eigenvalue weighted by Gasteiger charge is 2.39. The molecule has 0 unspecified atom stereocenters. The highest BCUT2D eigenvalue weighted by atomic mass is 32.1. The number of hydrogen-bond acceptors (Lipinski definition) is 4. The summed E-state index contributed by atoms with van der Waals surface area (Å²) in [5, 5.41) is 9.71. The number of hydrogen-bond donors (Lipinski definition) is 1. The lowest BCUT2D eigenvalue weighted by Crippen LogP contribution is -2.49. The molecule has 0 spiro atoms. The van der Waals surface area contributed by atoms with Crippen molar-refractivity contribution in [2.24, 2.45) is 11.8 Å². The molecular weight excluding hydrogens is 394 g/mol. The van der Waals surface area contributed by atoms with Crippen molar-refractivity contribution < 1.29 is 13.6 Å². The zero-order valence-corrected chi connectivity index (χ0v) is 17.7. The lowest BCUT2D eigenvalue weighted by molar-refractivity contribution is -0.137. The molecular formula is C21H28F2N4OS. The van der Waals surface area contributed by atoms with Gasteiger partial charge in [0.05, 0.1) is 5.69 Å². The molecule has 2 aliphatic rings. The molecule has 1 amide bonds. The van der Waals surface area contributed by atoms with Crippen molar-refractivity contribution in [2.75, 3.05) is 18.4 Å². The first kappa shape index (κ1) is 20.3. The predicted octanol–water partition coefficient (Wildman–Crippen LogP) is 4.36. The number of fused-ring (bicyclic) bond motifs is 1. The maximum Gasteiger partial charge on any atom is 0.260 e. The standard InChI is InChI=1S/C21H28F2N4OS/c1-13(9-16-6-4-8-29-16)21(28)26-7-3-5-15(12-26)17-11-18(20(22)23)27-19(24-17)10-14(2)25-27/h4,6,8,10,13,15,17-18,20,24H,3,5,7,9,11-12H2,1-2H3/t13-,15+,17-,18+/m0/s1. The van der Waals surface area contributed by atoms with Crippen LogP contribution in [0.1, 0.15) is 42.8 Å².